The normalized spacial score (nSPS) is 9.38. The summed E-state index contributed by atoms with van der Waals surface area (Å²) in [5, 5.41) is 0. The molecule has 1 rings (SSSR count). The molecule has 1 aromatic rings. The van der Waals surface area contributed by atoms with Crippen LogP contribution in [0.5, 0.6) is 0 Å². The van der Waals surface area contributed by atoms with Crippen molar-refractivity contribution in [3.05, 3.63) is 23.9 Å². The average molecular weight is 99.1 g/mol. The third-order valence-corrected chi connectivity index (χ3v) is 1.03. The molecule has 36 valence electrons. The molecule has 0 aliphatic carbocycles. The summed E-state index contributed by atoms with van der Waals surface area (Å²) in [4.78, 5) is 4.17. The van der Waals surface area contributed by atoms with Gasteiger partial charge in [-0.2, -0.15) is 0 Å². The Morgan fingerprint density at radius 2 is 2.25 bits per heavy atom. The van der Waals surface area contributed by atoms with Gasteiger partial charge in [-0.15, -0.1) is 0 Å². The van der Waals surface area contributed by atoms with E-state index in [1.54, 1.807) is 0 Å². The number of aryl methyl sites for hydroxylation is 1. The Morgan fingerprint density at radius 3 is 2.62 bits per heavy atom. The van der Waals surface area contributed by atoms with Gasteiger partial charge in [0.1, 0.15) is 0 Å². The molecule has 0 saturated heterocycles. The van der Waals surface area contributed by atoms with Crippen molar-refractivity contribution < 1.29 is 0 Å². The van der Waals surface area contributed by atoms with Crippen LogP contribution in [0.1, 0.15) is 5.69 Å². The van der Waals surface area contributed by atoms with Crippen molar-refractivity contribution in [2.45, 2.75) is 6.92 Å². The van der Waals surface area contributed by atoms with Crippen LogP contribution in [0.25, 0.3) is 0 Å². The molecule has 0 amide bonds. The number of hydrogen-bond donors (Lipinski definition) is 0. The molecule has 0 saturated carbocycles. The van der Waals surface area contributed by atoms with Crippen LogP contribution < -0.4 is 4.37 Å². The average Bonchev–Trinajstić information content (AvgIpc) is 1.64. The van der Waals surface area contributed by atoms with Gasteiger partial charge in [0.25, 0.3) is 0 Å². The molecule has 0 bridgehead atoms. The van der Waals surface area contributed by atoms with Gasteiger partial charge in [-0.05, 0) is 0 Å². The van der Waals surface area contributed by atoms with Gasteiger partial charge in [-0.25, -0.2) is 0 Å². The van der Waals surface area contributed by atoms with Crippen LogP contribution >= 0.6 is 0 Å². The van der Waals surface area contributed by atoms with Crippen LogP contribution in [0.3, 0.4) is 0 Å². The maximum absolute atomic E-state index is 4.17. The Kier molecular flexibility index (Phi) is 1.72. The summed E-state index contributed by atoms with van der Waals surface area (Å²) in [5.74, 6) is 0. The molecule has 1 aromatic heterocycles. The Bertz CT molecular complexity index is 168. The fraction of sp³-hybridized carbons (Fsp3) is 0.167. The number of pyridine rings is 1. The molecule has 1 heterocycles. The summed E-state index contributed by atoms with van der Waals surface area (Å²) in [6, 6.07) is 6.00. The van der Waals surface area contributed by atoms with E-state index in [0.29, 0.717) is 0 Å². The monoisotopic (exact) mass is 99.1 g/mol. The van der Waals surface area contributed by atoms with Crippen LogP contribution in [0.4, 0.5) is 0 Å². The maximum atomic E-state index is 4.17. The predicted octanol–water partition coefficient (Wildman–Crippen LogP) is 0.184. The molecule has 0 N–H and O–H groups in total. The first-order valence-electron chi connectivity index (χ1n) is 2.69. The van der Waals surface area contributed by atoms with E-state index in [9.17, 15) is 0 Å². The third kappa shape index (κ3) is 1.36. The molecular formula is C6H6LiN. The minimum absolute atomic E-state index is 1.09. The fourth-order valence-electron chi connectivity index (χ4n) is 0.679. The Balaban J connectivity index is 3.08. The summed E-state index contributed by atoms with van der Waals surface area (Å²) >= 11 is 1.99. The first kappa shape index (κ1) is 5.88. The van der Waals surface area contributed by atoms with E-state index in [1.807, 2.05) is 42.8 Å². The Hall–Kier alpha value is -0.253. The molecule has 0 aliphatic heterocycles. The van der Waals surface area contributed by atoms with Gasteiger partial charge in [0.05, 0.1) is 0 Å². The summed E-state index contributed by atoms with van der Waals surface area (Å²) in [7, 11) is 0. The number of nitrogens with zero attached hydrogens (tertiary/aromatic N) is 1. The third-order valence-electron chi connectivity index (χ3n) is 1.03. The Labute approximate surface area is 58.3 Å². The van der Waals surface area contributed by atoms with E-state index in [0.717, 1.165) is 10.1 Å². The zero-order valence-corrected chi connectivity index (χ0v) is 5.18. The van der Waals surface area contributed by atoms with E-state index >= 15 is 0 Å². The van der Waals surface area contributed by atoms with Gasteiger partial charge < -0.3 is 0 Å². The molecule has 2 heteroatoms. The zero-order chi connectivity index (χ0) is 5.98. The van der Waals surface area contributed by atoms with Crippen LogP contribution in [0.2, 0.25) is 0 Å². The summed E-state index contributed by atoms with van der Waals surface area (Å²) in [5.41, 5.74) is 1.09. The molecule has 0 aromatic carbocycles. The number of rotatable bonds is 0. The van der Waals surface area contributed by atoms with Crippen molar-refractivity contribution in [1.29, 1.82) is 0 Å². The van der Waals surface area contributed by atoms with Crippen LogP contribution in [-0.4, -0.2) is 22.7 Å². The standard InChI is InChI=1S/C6H6N.Li/c1-6-4-2-3-5-7-6;/h2-4H,1H3;. The van der Waals surface area contributed by atoms with Crippen molar-refractivity contribution in [1.82, 2.24) is 4.98 Å². The topological polar surface area (TPSA) is 12.9 Å². The van der Waals surface area contributed by atoms with Gasteiger partial charge in [0.15, 0.2) is 0 Å². The van der Waals surface area contributed by atoms with Gasteiger partial charge in [0.2, 0.25) is 0 Å². The van der Waals surface area contributed by atoms with E-state index in [2.05, 4.69) is 4.98 Å². The van der Waals surface area contributed by atoms with E-state index < -0.39 is 0 Å². The molecule has 8 heavy (non-hydrogen) atoms. The SMILES string of the molecule is [Li][c]1cccc(C)n1. The van der Waals surface area contributed by atoms with Gasteiger partial charge in [-0.3, -0.25) is 0 Å². The number of aromatic nitrogens is 1. The number of hydrogen-bond acceptors (Lipinski definition) is 1. The van der Waals surface area contributed by atoms with Gasteiger partial charge in [-0.1, -0.05) is 0 Å². The van der Waals surface area contributed by atoms with E-state index in [1.165, 1.54) is 0 Å². The Morgan fingerprint density at radius 1 is 1.50 bits per heavy atom. The second-order valence-electron chi connectivity index (χ2n) is 1.92. The quantitative estimate of drug-likeness (QED) is 0.423. The van der Waals surface area contributed by atoms with Crippen molar-refractivity contribution in [3.8, 4) is 0 Å². The molecule has 0 unspecified atom stereocenters. The minimum atomic E-state index is 1.09. The van der Waals surface area contributed by atoms with Gasteiger partial charge in [0, 0.05) is 0 Å². The second kappa shape index (κ2) is 2.35. The van der Waals surface area contributed by atoms with E-state index in [-0.39, 0.29) is 0 Å². The first-order chi connectivity index (χ1) is 3.79. The van der Waals surface area contributed by atoms with Crippen molar-refractivity contribution in [2.24, 2.45) is 0 Å². The molecule has 0 aliphatic rings. The van der Waals surface area contributed by atoms with Gasteiger partial charge >= 0.3 is 57.9 Å². The summed E-state index contributed by atoms with van der Waals surface area (Å²) in [6.45, 7) is 1.99. The molecule has 0 spiro atoms. The van der Waals surface area contributed by atoms with Crippen LogP contribution in [-0.2, 0) is 0 Å². The zero-order valence-electron chi connectivity index (χ0n) is 5.18. The predicted molar refractivity (Wildman–Crippen MR) is 34.4 cm³/mol. The molecule has 0 fully saturated rings. The van der Waals surface area contributed by atoms with E-state index in [4.69, 9.17) is 0 Å². The van der Waals surface area contributed by atoms with Crippen molar-refractivity contribution in [2.75, 3.05) is 0 Å². The molecular weight excluding hydrogens is 93.0 g/mol. The van der Waals surface area contributed by atoms with Crippen molar-refractivity contribution in [3.63, 3.8) is 0 Å². The van der Waals surface area contributed by atoms with Crippen molar-refractivity contribution >= 4 is 22.1 Å². The molecule has 0 radical (unpaired) electrons. The summed E-state index contributed by atoms with van der Waals surface area (Å²) < 4.78 is 1.09. The molecule has 1 nitrogen and oxygen atoms in total. The first-order valence-corrected chi connectivity index (χ1v) is 2.69. The molecule has 0 atom stereocenters. The second-order valence-corrected chi connectivity index (χ2v) is 1.92. The summed E-state index contributed by atoms with van der Waals surface area (Å²) in [6.07, 6.45) is 0. The van der Waals surface area contributed by atoms with Crippen LogP contribution in [0.15, 0.2) is 18.2 Å². The van der Waals surface area contributed by atoms with Crippen LogP contribution in [0, 0.1) is 6.92 Å². The fourth-order valence-corrected chi connectivity index (χ4v) is 0.679.